The minimum atomic E-state index is -0.369. The lowest BCUT2D eigenvalue weighted by molar-refractivity contribution is -0.382. The van der Waals surface area contributed by atoms with Crippen LogP contribution in [-0.2, 0) is 4.74 Å². The Morgan fingerprint density at radius 3 is 3.15 bits per heavy atom. The van der Waals surface area contributed by atoms with Gasteiger partial charge in [0.1, 0.15) is 5.69 Å². The minimum Gasteiger partial charge on any atom is -0.377 e. The molecule has 1 N–H and O–H groups in total. The first-order valence-electron chi connectivity index (χ1n) is 6.62. The molecule has 2 aromatic rings. The summed E-state index contributed by atoms with van der Waals surface area (Å²) in [6, 6.07) is 3.62. The largest absolute Gasteiger partial charge is 0.377 e. The predicted molar refractivity (Wildman–Crippen MR) is 78.4 cm³/mol. The Balaban J connectivity index is 1.82. The highest BCUT2D eigenvalue weighted by Crippen LogP contribution is 2.34. The number of hydrogen-bond donors (Lipinski definition) is 1. The third-order valence-electron chi connectivity index (χ3n) is 3.45. The van der Waals surface area contributed by atoms with Crippen molar-refractivity contribution < 1.29 is 9.66 Å². The maximum Gasteiger partial charge on any atom is 0.319 e. The van der Waals surface area contributed by atoms with Crippen molar-refractivity contribution in [2.45, 2.75) is 25.4 Å². The fourth-order valence-electron chi connectivity index (χ4n) is 2.44. The normalized spacial score (nSPS) is 19.1. The van der Waals surface area contributed by atoms with Crippen molar-refractivity contribution in [3.05, 3.63) is 27.8 Å². The number of fused-ring (bicyclic) bond motifs is 1. The van der Waals surface area contributed by atoms with Gasteiger partial charge in [-0.1, -0.05) is 0 Å². The van der Waals surface area contributed by atoms with Crippen molar-refractivity contribution in [2.24, 2.45) is 0 Å². The van der Waals surface area contributed by atoms with Crippen molar-refractivity contribution in [1.29, 1.82) is 0 Å². The van der Waals surface area contributed by atoms with Gasteiger partial charge >= 0.3 is 5.69 Å². The van der Waals surface area contributed by atoms with Gasteiger partial charge in [-0.3, -0.25) is 10.1 Å². The summed E-state index contributed by atoms with van der Waals surface area (Å²) in [5.41, 5.74) is 2.66. The third kappa shape index (κ3) is 2.59. The van der Waals surface area contributed by atoms with E-state index in [4.69, 9.17) is 4.74 Å². The van der Waals surface area contributed by atoms with Crippen molar-refractivity contribution in [3.8, 4) is 0 Å². The average molecular weight is 293 g/mol. The second-order valence-electron chi connectivity index (χ2n) is 4.79. The van der Waals surface area contributed by atoms with Gasteiger partial charge in [0.15, 0.2) is 5.52 Å². The van der Waals surface area contributed by atoms with Crippen LogP contribution in [0.4, 0.5) is 11.4 Å². The molecule has 1 aromatic carbocycles. The Kier molecular flexibility index (Phi) is 3.79. The molecule has 1 fully saturated rings. The molecule has 0 aliphatic carbocycles. The highest BCUT2D eigenvalue weighted by atomic mass is 32.1. The van der Waals surface area contributed by atoms with Crippen molar-refractivity contribution in [3.63, 3.8) is 0 Å². The molecule has 20 heavy (non-hydrogen) atoms. The van der Waals surface area contributed by atoms with E-state index in [2.05, 4.69) is 10.3 Å². The molecule has 1 aliphatic heterocycles. The van der Waals surface area contributed by atoms with Gasteiger partial charge in [-0.15, -0.1) is 11.3 Å². The fraction of sp³-hybridized carbons (Fsp3) is 0.462. The predicted octanol–water partition coefficient (Wildman–Crippen LogP) is 3.19. The quantitative estimate of drug-likeness (QED) is 0.692. The van der Waals surface area contributed by atoms with Gasteiger partial charge in [0.25, 0.3) is 0 Å². The summed E-state index contributed by atoms with van der Waals surface area (Å²) in [7, 11) is 0. The fourth-order valence-corrected chi connectivity index (χ4v) is 3.12. The first-order chi connectivity index (χ1) is 9.75. The summed E-state index contributed by atoms with van der Waals surface area (Å²) >= 11 is 1.41. The zero-order valence-corrected chi connectivity index (χ0v) is 11.7. The number of nitro groups is 1. The molecule has 0 radical (unpaired) electrons. The minimum absolute atomic E-state index is 0.0551. The van der Waals surface area contributed by atoms with Crippen LogP contribution < -0.4 is 5.32 Å². The SMILES string of the molecule is O=[N+]([O-])c1c(NCC2CCCCO2)ccc2scnc12. The van der Waals surface area contributed by atoms with Gasteiger partial charge in [-0.2, -0.15) is 0 Å². The molecular weight excluding hydrogens is 278 g/mol. The zero-order chi connectivity index (χ0) is 13.9. The molecule has 1 aliphatic rings. The number of rotatable bonds is 4. The molecule has 0 spiro atoms. The lowest BCUT2D eigenvalue weighted by atomic mass is 10.1. The topological polar surface area (TPSA) is 77.3 Å². The first kappa shape index (κ1) is 13.3. The summed E-state index contributed by atoms with van der Waals surface area (Å²) in [4.78, 5) is 15.0. The van der Waals surface area contributed by atoms with Crippen molar-refractivity contribution >= 4 is 32.9 Å². The monoisotopic (exact) mass is 293 g/mol. The summed E-state index contributed by atoms with van der Waals surface area (Å²) in [5, 5.41) is 14.4. The molecule has 1 unspecified atom stereocenters. The molecule has 0 amide bonds. The van der Waals surface area contributed by atoms with Crippen LogP contribution in [-0.4, -0.2) is 29.2 Å². The Bertz CT molecular complexity index is 622. The van der Waals surface area contributed by atoms with Crippen molar-refractivity contribution in [1.82, 2.24) is 4.98 Å². The number of anilines is 1. The highest BCUT2D eigenvalue weighted by Gasteiger charge is 2.22. The Labute approximate surface area is 119 Å². The average Bonchev–Trinajstić information content (AvgIpc) is 2.93. The van der Waals surface area contributed by atoms with Gasteiger partial charge in [-0.25, -0.2) is 4.98 Å². The zero-order valence-electron chi connectivity index (χ0n) is 10.9. The number of thiazole rings is 1. The first-order valence-corrected chi connectivity index (χ1v) is 7.50. The second kappa shape index (κ2) is 5.72. The molecule has 0 bridgehead atoms. The van der Waals surface area contributed by atoms with E-state index in [0.717, 1.165) is 30.6 Å². The molecule has 7 heteroatoms. The highest BCUT2D eigenvalue weighted by molar-refractivity contribution is 7.16. The van der Waals surface area contributed by atoms with Crippen LogP contribution in [0.25, 0.3) is 10.2 Å². The van der Waals surface area contributed by atoms with E-state index in [0.29, 0.717) is 17.7 Å². The summed E-state index contributed by atoms with van der Waals surface area (Å²) < 4.78 is 6.46. The lowest BCUT2D eigenvalue weighted by Crippen LogP contribution is -2.27. The molecule has 2 heterocycles. The number of benzene rings is 1. The number of nitro benzene ring substituents is 1. The number of nitrogens with zero attached hydrogens (tertiary/aromatic N) is 2. The number of aromatic nitrogens is 1. The van der Waals surface area contributed by atoms with Crippen LogP contribution in [0.2, 0.25) is 0 Å². The third-order valence-corrected chi connectivity index (χ3v) is 4.25. The smallest absolute Gasteiger partial charge is 0.319 e. The van der Waals surface area contributed by atoms with E-state index >= 15 is 0 Å². The van der Waals surface area contributed by atoms with Crippen LogP contribution in [0.5, 0.6) is 0 Å². The maximum absolute atomic E-state index is 11.3. The van der Waals surface area contributed by atoms with Crippen LogP contribution >= 0.6 is 11.3 Å². The van der Waals surface area contributed by atoms with E-state index in [-0.39, 0.29) is 16.7 Å². The number of nitrogens with one attached hydrogen (secondary N) is 1. The molecule has 1 atom stereocenters. The standard InChI is InChI=1S/C13H15N3O3S/c17-16(18)13-10(4-5-11-12(13)15-8-20-11)14-7-9-3-1-2-6-19-9/h4-5,8-9,14H,1-3,6-7H2. The van der Waals surface area contributed by atoms with E-state index in [1.807, 2.05) is 6.07 Å². The second-order valence-corrected chi connectivity index (χ2v) is 5.67. The van der Waals surface area contributed by atoms with Gasteiger partial charge in [-0.05, 0) is 31.4 Å². The van der Waals surface area contributed by atoms with E-state index in [1.165, 1.54) is 11.3 Å². The maximum atomic E-state index is 11.3. The summed E-state index contributed by atoms with van der Waals surface area (Å²) in [6.45, 7) is 1.37. The van der Waals surface area contributed by atoms with Gasteiger partial charge in [0.2, 0.25) is 0 Å². The number of ether oxygens (including phenoxy) is 1. The van der Waals surface area contributed by atoms with Crippen LogP contribution in [0.3, 0.4) is 0 Å². The van der Waals surface area contributed by atoms with E-state index < -0.39 is 0 Å². The molecule has 6 nitrogen and oxygen atoms in total. The molecule has 0 saturated carbocycles. The summed E-state index contributed by atoms with van der Waals surface area (Å²) in [5.74, 6) is 0. The van der Waals surface area contributed by atoms with Gasteiger partial charge in [0.05, 0.1) is 21.2 Å². The number of hydrogen-bond acceptors (Lipinski definition) is 6. The van der Waals surface area contributed by atoms with Gasteiger partial charge in [0, 0.05) is 13.2 Å². The van der Waals surface area contributed by atoms with E-state index in [1.54, 1.807) is 11.6 Å². The Morgan fingerprint density at radius 2 is 2.40 bits per heavy atom. The Morgan fingerprint density at radius 1 is 1.50 bits per heavy atom. The molecule has 1 saturated heterocycles. The Hall–Kier alpha value is -1.73. The summed E-state index contributed by atoms with van der Waals surface area (Å²) in [6.07, 6.45) is 3.38. The molecular formula is C13H15N3O3S. The van der Waals surface area contributed by atoms with Crippen LogP contribution in [0.1, 0.15) is 19.3 Å². The molecule has 1 aromatic heterocycles. The van der Waals surface area contributed by atoms with Crippen LogP contribution in [0, 0.1) is 10.1 Å². The molecule has 3 rings (SSSR count). The lowest BCUT2D eigenvalue weighted by Gasteiger charge is -2.23. The van der Waals surface area contributed by atoms with Crippen molar-refractivity contribution in [2.75, 3.05) is 18.5 Å². The van der Waals surface area contributed by atoms with E-state index in [9.17, 15) is 10.1 Å². The van der Waals surface area contributed by atoms with Crippen LogP contribution in [0.15, 0.2) is 17.6 Å². The van der Waals surface area contributed by atoms with Gasteiger partial charge < -0.3 is 10.1 Å². The molecule has 106 valence electrons.